The Morgan fingerprint density at radius 1 is 0.500 bits per heavy atom. The maximum absolute atomic E-state index is 12.2. The van der Waals surface area contributed by atoms with Gasteiger partial charge in [0.2, 0.25) is 0 Å². The van der Waals surface area contributed by atoms with E-state index in [1.54, 1.807) is 0 Å². The van der Waals surface area contributed by atoms with Gasteiger partial charge in [0.25, 0.3) is 0 Å². The van der Waals surface area contributed by atoms with E-state index in [0.29, 0.717) is 12.8 Å². The molecule has 3 nitrogen and oxygen atoms in total. The van der Waals surface area contributed by atoms with Gasteiger partial charge in [-0.1, -0.05) is 174 Å². The van der Waals surface area contributed by atoms with Gasteiger partial charge in [-0.3, -0.25) is 4.79 Å². The van der Waals surface area contributed by atoms with Crippen molar-refractivity contribution in [3.8, 4) is 0 Å². The molecule has 0 aliphatic rings. The van der Waals surface area contributed by atoms with Crippen LogP contribution in [0.25, 0.3) is 0 Å². The van der Waals surface area contributed by atoms with Crippen LogP contribution in [0.4, 0.5) is 0 Å². The molecule has 0 heterocycles. The molecule has 0 rings (SSSR count). The molecule has 0 aromatic heterocycles. The number of aldehydes is 1. The number of unbranched alkanes of at least 4 members (excludes halogenated alkanes) is 25. The molecule has 0 fully saturated rings. The lowest BCUT2D eigenvalue weighted by molar-refractivity contribution is -0.150. The van der Waals surface area contributed by atoms with Gasteiger partial charge in [-0.25, -0.2) is 0 Å². The molecule has 0 spiro atoms. The van der Waals surface area contributed by atoms with Gasteiger partial charge < -0.3 is 9.53 Å². The minimum absolute atomic E-state index is 0.107. The van der Waals surface area contributed by atoms with E-state index in [2.05, 4.69) is 13.8 Å². The van der Waals surface area contributed by atoms with E-state index in [9.17, 15) is 9.59 Å². The SMILES string of the molecule is CCCCCCCCCCCCCCCCCCCC(=O)OC(CC=O)CCCCCCCCCCCC. The zero-order valence-corrected chi connectivity index (χ0v) is 26.1. The Balaban J connectivity index is 3.48. The molecule has 3 heteroatoms. The summed E-state index contributed by atoms with van der Waals surface area (Å²) in [7, 11) is 0. The van der Waals surface area contributed by atoms with Crippen molar-refractivity contribution < 1.29 is 14.3 Å². The number of hydrogen-bond acceptors (Lipinski definition) is 3. The van der Waals surface area contributed by atoms with Crippen LogP contribution in [0.2, 0.25) is 0 Å². The van der Waals surface area contributed by atoms with E-state index < -0.39 is 0 Å². The molecule has 0 radical (unpaired) electrons. The normalized spacial score (nSPS) is 12.1. The number of hydrogen-bond donors (Lipinski definition) is 0. The highest BCUT2D eigenvalue weighted by Gasteiger charge is 2.13. The Kier molecular flexibility index (Phi) is 31.6. The van der Waals surface area contributed by atoms with Crippen molar-refractivity contribution in [2.24, 2.45) is 0 Å². The molecule has 1 atom stereocenters. The smallest absolute Gasteiger partial charge is 0.306 e. The molecule has 0 amide bonds. The number of rotatable bonds is 32. The van der Waals surface area contributed by atoms with Crippen LogP contribution >= 0.6 is 0 Å². The van der Waals surface area contributed by atoms with Gasteiger partial charge in [-0.05, 0) is 19.3 Å². The van der Waals surface area contributed by atoms with Crippen LogP contribution in [0.5, 0.6) is 0 Å². The Bertz CT molecular complexity index is 476. The Morgan fingerprint density at radius 3 is 1.16 bits per heavy atom. The molecule has 0 N–H and O–H groups in total. The van der Waals surface area contributed by atoms with Crippen LogP contribution in [0.15, 0.2) is 0 Å². The summed E-state index contributed by atoms with van der Waals surface area (Å²) >= 11 is 0. The van der Waals surface area contributed by atoms with Gasteiger partial charge in [0.05, 0.1) is 0 Å². The Morgan fingerprint density at radius 2 is 0.816 bits per heavy atom. The third-order valence-corrected chi connectivity index (χ3v) is 8.02. The molecule has 0 saturated heterocycles. The number of ether oxygens (including phenoxy) is 1. The molecule has 226 valence electrons. The van der Waals surface area contributed by atoms with Crippen LogP contribution in [0, 0.1) is 0 Å². The first-order chi connectivity index (χ1) is 18.7. The van der Waals surface area contributed by atoms with Gasteiger partial charge >= 0.3 is 5.97 Å². The topological polar surface area (TPSA) is 43.4 Å². The van der Waals surface area contributed by atoms with Crippen LogP contribution in [-0.2, 0) is 14.3 Å². The van der Waals surface area contributed by atoms with Crippen molar-refractivity contribution in [2.75, 3.05) is 0 Å². The minimum Gasteiger partial charge on any atom is -0.462 e. The first-order valence-corrected chi connectivity index (χ1v) is 17.4. The van der Waals surface area contributed by atoms with Crippen LogP contribution < -0.4 is 0 Å². The summed E-state index contributed by atoms with van der Waals surface area (Å²) in [6.45, 7) is 4.55. The van der Waals surface area contributed by atoms with E-state index in [-0.39, 0.29) is 12.1 Å². The van der Waals surface area contributed by atoms with Gasteiger partial charge in [-0.15, -0.1) is 0 Å². The first kappa shape index (κ1) is 37.1. The summed E-state index contributed by atoms with van der Waals surface area (Å²) in [5, 5.41) is 0. The largest absolute Gasteiger partial charge is 0.462 e. The summed E-state index contributed by atoms with van der Waals surface area (Å²) in [6, 6.07) is 0. The lowest BCUT2D eigenvalue weighted by Gasteiger charge is -2.15. The van der Waals surface area contributed by atoms with Crippen LogP contribution in [-0.4, -0.2) is 18.4 Å². The highest BCUT2D eigenvalue weighted by Crippen LogP contribution is 2.17. The Hall–Kier alpha value is -0.860. The molecule has 38 heavy (non-hydrogen) atoms. The Labute approximate surface area is 239 Å². The van der Waals surface area contributed by atoms with E-state index >= 15 is 0 Å². The van der Waals surface area contributed by atoms with E-state index in [0.717, 1.165) is 32.0 Å². The summed E-state index contributed by atoms with van der Waals surface area (Å²) in [5.74, 6) is -0.107. The third-order valence-electron chi connectivity index (χ3n) is 8.02. The monoisotopic (exact) mass is 537 g/mol. The molecular formula is C35H68O3. The third kappa shape index (κ3) is 29.7. The fraction of sp³-hybridized carbons (Fsp3) is 0.943. The predicted octanol–water partition coefficient (Wildman–Crippen LogP) is 11.8. The molecule has 1 unspecified atom stereocenters. The molecule has 0 aliphatic heterocycles. The van der Waals surface area contributed by atoms with Gasteiger partial charge in [-0.2, -0.15) is 0 Å². The molecule has 0 saturated carbocycles. The van der Waals surface area contributed by atoms with E-state index in [1.165, 1.54) is 154 Å². The summed E-state index contributed by atoms with van der Waals surface area (Å²) in [4.78, 5) is 23.2. The van der Waals surface area contributed by atoms with Crippen molar-refractivity contribution in [1.29, 1.82) is 0 Å². The van der Waals surface area contributed by atoms with Crippen molar-refractivity contribution >= 4 is 12.3 Å². The second-order valence-corrected chi connectivity index (χ2v) is 11.9. The zero-order chi connectivity index (χ0) is 27.8. The molecular weight excluding hydrogens is 468 g/mol. The zero-order valence-electron chi connectivity index (χ0n) is 26.1. The highest BCUT2D eigenvalue weighted by atomic mass is 16.5. The summed E-state index contributed by atoms with van der Waals surface area (Å²) in [6.07, 6.45) is 38.2. The maximum atomic E-state index is 12.2. The lowest BCUT2D eigenvalue weighted by Crippen LogP contribution is -2.18. The quantitative estimate of drug-likeness (QED) is 0.0487. The predicted molar refractivity (Wildman–Crippen MR) is 166 cm³/mol. The molecule has 0 bridgehead atoms. The van der Waals surface area contributed by atoms with Crippen LogP contribution in [0.1, 0.15) is 206 Å². The maximum Gasteiger partial charge on any atom is 0.306 e. The van der Waals surface area contributed by atoms with Crippen molar-refractivity contribution in [1.82, 2.24) is 0 Å². The van der Waals surface area contributed by atoms with Crippen molar-refractivity contribution in [3.63, 3.8) is 0 Å². The fourth-order valence-electron chi connectivity index (χ4n) is 5.43. The average molecular weight is 537 g/mol. The van der Waals surface area contributed by atoms with E-state index in [4.69, 9.17) is 4.74 Å². The molecule has 0 aromatic rings. The van der Waals surface area contributed by atoms with Gasteiger partial charge in [0.15, 0.2) is 0 Å². The van der Waals surface area contributed by atoms with Crippen LogP contribution in [0.3, 0.4) is 0 Å². The first-order valence-electron chi connectivity index (χ1n) is 17.4. The molecule has 0 aliphatic carbocycles. The van der Waals surface area contributed by atoms with Gasteiger partial charge in [0.1, 0.15) is 12.4 Å². The highest BCUT2D eigenvalue weighted by molar-refractivity contribution is 5.69. The van der Waals surface area contributed by atoms with E-state index in [1.807, 2.05) is 0 Å². The standard InChI is InChI=1S/C35H68O3/c1-3-5-7-9-11-13-15-16-17-18-19-20-21-23-25-27-29-31-35(37)38-34(32-33-36)30-28-26-24-22-14-12-10-8-6-4-2/h33-34H,3-32H2,1-2H3. The van der Waals surface area contributed by atoms with Gasteiger partial charge in [0, 0.05) is 12.8 Å². The van der Waals surface area contributed by atoms with Crippen molar-refractivity contribution in [2.45, 2.75) is 213 Å². The lowest BCUT2D eigenvalue weighted by atomic mass is 10.0. The number of esters is 1. The summed E-state index contributed by atoms with van der Waals surface area (Å²) < 4.78 is 5.63. The fourth-order valence-corrected chi connectivity index (χ4v) is 5.43. The number of carbonyl (C=O) groups is 2. The second-order valence-electron chi connectivity index (χ2n) is 11.9. The average Bonchev–Trinajstić information content (AvgIpc) is 2.91. The number of carbonyl (C=O) groups excluding carboxylic acids is 2. The second kappa shape index (κ2) is 32.4. The minimum atomic E-state index is -0.208. The molecule has 0 aromatic carbocycles. The van der Waals surface area contributed by atoms with Crippen molar-refractivity contribution in [3.05, 3.63) is 0 Å². The summed E-state index contributed by atoms with van der Waals surface area (Å²) in [5.41, 5.74) is 0.